The highest BCUT2D eigenvalue weighted by Gasteiger charge is 2.10. The van der Waals surface area contributed by atoms with E-state index in [0.29, 0.717) is 18.5 Å². The number of terminal acetylenes is 1. The summed E-state index contributed by atoms with van der Waals surface area (Å²) in [7, 11) is 0. The van der Waals surface area contributed by atoms with Crippen LogP contribution in [-0.2, 0) is 6.54 Å². The molecule has 5 heteroatoms. The van der Waals surface area contributed by atoms with Crippen LogP contribution in [-0.4, -0.2) is 17.1 Å². The normalized spacial score (nSPS) is 13.0. The number of oxime groups is 1. The minimum atomic E-state index is -0.430. The third-order valence-corrected chi connectivity index (χ3v) is 2.89. The van der Waals surface area contributed by atoms with Crippen LogP contribution >= 0.6 is 0 Å². The zero-order valence-corrected chi connectivity index (χ0v) is 10.9. The highest BCUT2D eigenvalue weighted by molar-refractivity contribution is 5.98. The fraction of sp³-hybridized carbons (Fsp3) is 0.357. The van der Waals surface area contributed by atoms with Crippen molar-refractivity contribution in [2.24, 2.45) is 10.9 Å². The maximum absolute atomic E-state index is 13.2. The van der Waals surface area contributed by atoms with Gasteiger partial charge in [-0.2, -0.15) is 0 Å². The number of nitrogens with one attached hydrogen (secondary N) is 1. The second-order valence-electron chi connectivity index (χ2n) is 4.18. The van der Waals surface area contributed by atoms with Crippen LogP contribution in [0.3, 0.4) is 0 Å². The summed E-state index contributed by atoms with van der Waals surface area (Å²) < 4.78 is 13.2. The molecule has 102 valence electrons. The van der Waals surface area contributed by atoms with Crippen LogP contribution in [0.15, 0.2) is 23.4 Å². The molecule has 19 heavy (non-hydrogen) atoms. The largest absolute Gasteiger partial charge is 0.409 e. The van der Waals surface area contributed by atoms with Gasteiger partial charge in [-0.05, 0) is 24.1 Å². The average molecular weight is 263 g/mol. The molecule has 0 amide bonds. The Morgan fingerprint density at radius 2 is 2.37 bits per heavy atom. The monoisotopic (exact) mass is 263 g/mol. The summed E-state index contributed by atoms with van der Waals surface area (Å²) in [5, 5.41) is 14.9. The predicted octanol–water partition coefficient (Wildman–Crippen LogP) is 1.81. The van der Waals surface area contributed by atoms with Crippen LogP contribution in [0, 0.1) is 18.2 Å². The molecule has 1 aromatic carbocycles. The van der Waals surface area contributed by atoms with Crippen molar-refractivity contribution in [2.45, 2.75) is 32.4 Å². The molecule has 1 unspecified atom stereocenters. The van der Waals surface area contributed by atoms with Crippen molar-refractivity contribution >= 4 is 5.84 Å². The number of benzene rings is 1. The van der Waals surface area contributed by atoms with E-state index in [9.17, 15) is 4.39 Å². The summed E-state index contributed by atoms with van der Waals surface area (Å²) in [5.74, 6) is 2.06. The van der Waals surface area contributed by atoms with Gasteiger partial charge in [-0.25, -0.2) is 4.39 Å². The van der Waals surface area contributed by atoms with E-state index in [2.05, 4.69) is 16.4 Å². The van der Waals surface area contributed by atoms with Crippen LogP contribution in [0.2, 0.25) is 0 Å². The van der Waals surface area contributed by atoms with Crippen LogP contribution in [0.25, 0.3) is 0 Å². The number of halogens is 1. The van der Waals surface area contributed by atoms with Gasteiger partial charge in [-0.1, -0.05) is 18.1 Å². The number of nitrogens with zero attached hydrogens (tertiary/aromatic N) is 1. The molecular weight excluding hydrogens is 245 g/mol. The topological polar surface area (TPSA) is 70.6 Å². The molecule has 0 saturated heterocycles. The Hall–Kier alpha value is -2.06. The van der Waals surface area contributed by atoms with Crippen LogP contribution in [0.4, 0.5) is 4.39 Å². The van der Waals surface area contributed by atoms with E-state index >= 15 is 0 Å². The Labute approximate surface area is 112 Å². The van der Waals surface area contributed by atoms with Gasteiger partial charge in [0.2, 0.25) is 0 Å². The standard InChI is InChI=1S/C14H18FN3O/c1-3-5-12(4-2)17-9-10-6-7-11(15)8-13(10)14(16)18-19/h1,6-8,12,17,19H,4-5,9H2,2H3,(H2,16,18). The first-order valence-electron chi connectivity index (χ1n) is 6.05. The highest BCUT2D eigenvalue weighted by atomic mass is 19.1. The molecular formula is C14H18FN3O. The Bertz CT molecular complexity index is 494. The van der Waals surface area contributed by atoms with Crippen molar-refractivity contribution in [3.8, 4) is 12.3 Å². The van der Waals surface area contributed by atoms with E-state index in [-0.39, 0.29) is 11.9 Å². The quantitative estimate of drug-likeness (QED) is 0.241. The Morgan fingerprint density at radius 1 is 1.63 bits per heavy atom. The zero-order valence-electron chi connectivity index (χ0n) is 10.9. The van der Waals surface area contributed by atoms with Gasteiger partial charge >= 0.3 is 0 Å². The molecule has 1 aromatic rings. The van der Waals surface area contributed by atoms with Crippen molar-refractivity contribution in [3.63, 3.8) is 0 Å². The van der Waals surface area contributed by atoms with Crippen molar-refractivity contribution < 1.29 is 9.60 Å². The molecule has 1 atom stereocenters. The minimum absolute atomic E-state index is 0.110. The predicted molar refractivity (Wildman–Crippen MR) is 73.3 cm³/mol. The second-order valence-corrected chi connectivity index (χ2v) is 4.18. The van der Waals surface area contributed by atoms with Gasteiger partial charge in [0.15, 0.2) is 5.84 Å². The lowest BCUT2D eigenvalue weighted by atomic mass is 10.1. The second kappa shape index (κ2) is 7.39. The molecule has 0 fully saturated rings. The molecule has 0 spiro atoms. The van der Waals surface area contributed by atoms with Crippen molar-refractivity contribution in [1.82, 2.24) is 5.32 Å². The van der Waals surface area contributed by atoms with Gasteiger partial charge in [0.25, 0.3) is 0 Å². The third kappa shape index (κ3) is 4.27. The van der Waals surface area contributed by atoms with Gasteiger partial charge in [0, 0.05) is 24.6 Å². The fourth-order valence-corrected chi connectivity index (χ4v) is 1.75. The Kier molecular flexibility index (Phi) is 5.83. The molecule has 0 aliphatic heterocycles. The molecule has 0 aliphatic carbocycles. The Morgan fingerprint density at radius 3 is 2.95 bits per heavy atom. The lowest BCUT2D eigenvalue weighted by Gasteiger charge is -2.16. The summed E-state index contributed by atoms with van der Waals surface area (Å²) >= 11 is 0. The molecule has 0 aromatic heterocycles. The van der Waals surface area contributed by atoms with E-state index in [4.69, 9.17) is 17.4 Å². The fourth-order valence-electron chi connectivity index (χ4n) is 1.75. The van der Waals surface area contributed by atoms with E-state index < -0.39 is 5.82 Å². The summed E-state index contributed by atoms with van der Waals surface area (Å²) in [6.45, 7) is 2.51. The molecule has 0 bridgehead atoms. The first-order valence-corrected chi connectivity index (χ1v) is 6.05. The smallest absolute Gasteiger partial charge is 0.170 e. The molecule has 1 rings (SSSR count). The average Bonchev–Trinajstić information content (AvgIpc) is 2.43. The van der Waals surface area contributed by atoms with Crippen molar-refractivity contribution in [1.29, 1.82) is 0 Å². The van der Waals surface area contributed by atoms with Crippen LogP contribution in [0.5, 0.6) is 0 Å². The first kappa shape index (κ1) is 15.0. The summed E-state index contributed by atoms with van der Waals surface area (Å²) in [5.41, 5.74) is 6.67. The van der Waals surface area contributed by atoms with E-state index in [1.165, 1.54) is 12.1 Å². The number of rotatable bonds is 6. The number of hydrogen-bond donors (Lipinski definition) is 3. The number of nitrogens with two attached hydrogens (primary N) is 1. The van der Waals surface area contributed by atoms with Crippen LogP contribution < -0.4 is 11.1 Å². The molecule has 0 radical (unpaired) electrons. The van der Waals surface area contributed by atoms with Gasteiger partial charge < -0.3 is 16.3 Å². The van der Waals surface area contributed by atoms with Crippen molar-refractivity contribution in [3.05, 3.63) is 35.1 Å². The number of hydrogen-bond acceptors (Lipinski definition) is 3. The van der Waals surface area contributed by atoms with Gasteiger partial charge in [0.1, 0.15) is 5.82 Å². The molecule has 4 N–H and O–H groups in total. The van der Waals surface area contributed by atoms with Crippen molar-refractivity contribution in [2.75, 3.05) is 0 Å². The zero-order chi connectivity index (χ0) is 14.3. The van der Waals surface area contributed by atoms with Crippen LogP contribution in [0.1, 0.15) is 30.9 Å². The number of amidine groups is 1. The third-order valence-electron chi connectivity index (χ3n) is 2.89. The van der Waals surface area contributed by atoms with Gasteiger partial charge in [0.05, 0.1) is 0 Å². The molecule has 4 nitrogen and oxygen atoms in total. The lowest BCUT2D eigenvalue weighted by molar-refractivity contribution is 0.318. The first-order chi connectivity index (χ1) is 9.12. The van der Waals surface area contributed by atoms with E-state index in [1.807, 2.05) is 6.92 Å². The maximum atomic E-state index is 13.2. The highest BCUT2D eigenvalue weighted by Crippen LogP contribution is 2.12. The lowest BCUT2D eigenvalue weighted by Crippen LogP contribution is -2.29. The molecule has 0 saturated carbocycles. The maximum Gasteiger partial charge on any atom is 0.170 e. The summed E-state index contributed by atoms with van der Waals surface area (Å²) in [4.78, 5) is 0. The SMILES string of the molecule is C#CCC(CC)NCc1ccc(F)cc1/C(N)=N/O. The summed E-state index contributed by atoms with van der Waals surface area (Å²) in [6, 6.07) is 4.38. The van der Waals surface area contributed by atoms with Gasteiger partial charge in [-0.3, -0.25) is 0 Å². The van der Waals surface area contributed by atoms with E-state index in [0.717, 1.165) is 12.0 Å². The molecule has 0 heterocycles. The van der Waals surface area contributed by atoms with E-state index in [1.54, 1.807) is 6.07 Å². The Balaban J connectivity index is 2.86. The summed E-state index contributed by atoms with van der Waals surface area (Å²) in [6.07, 6.45) is 6.80. The molecule has 0 aliphatic rings. The van der Waals surface area contributed by atoms with Gasteiger partial charge in [-0.15, -0.1) is 12.3 Å². The minimum Gasteiger partial charge on any atom is -0.409 e.